The van der Waals surface area contributed by atoms with E-state index in [-0.39, 0.29) is 23.4 Å². The van der Waals surface area contributed by atoms with Crippen molar-refractivity contribution in [2.45, 2.75) is 37.8 Å². The van der Waals surface area contributed by atoms with Crippen LogP contribution in [0.1, 0.15) is 36.5 Å². The molecule has 1 aromatic rings. The number of anilines is 1. The molecule has 0 aromatic heterocycles. The molecule has 0 radical (unpaired) electrons. The first-order chi connectivity index (χ1) is 11.9. The summed E-state index contributed by atoms with van der Waals surface area (Å²) in [6, 6.07) is 7.80. The Kier molecular flexibility index (Phi) is 4.99. The zero-order valence-corrected chi connectivity index (χ0v) is 15.3. The molecule has 0 aliphatic carbocycles. The van der Waals surface area contributed by atoms with Crippen LogP contribution in [0, 0.1) is 0 Å². The fraction of sp³-hybridized carbons (Fsp3) is 0.579. The second kappa shape index (κ2) is 7.04. The van der Waals surface area contributed by atoms with E-state index in [1.165, 1.54) is 0 Å². The highest BCUT2D eigenvalue weighted by atomic mass is 16.2. The molecule has 2 aliphatic heterocycles. The van der Waals surface area contributed by atoms with Crippen molar-refractivity contribution in [3.63, 3.8) is 0 Å². The lowest BCUT2D eigenvalue weighted by atomic mass is 9.84. The Morgan fingerprint density at radius 1 is 1.28 bits per heavy atom. The highest BCUT2D eigenvalue weighted by Crippen LogP contribution is 2.38. The lowest BCUT2D eigenvalue weighted by Crippen LogP contribution is -2.53. The molecular formula is C19H28N4O2. The number of carbonyl (C=O) groups is 2. The van der Waals surface area contributed by atoms with Crippen molar-refractivity contribution in [2.24, 2.45) is 0 Å². The van der Waals surface area contributed by atoms with Crippen LogP contribution in [-0.4, -0.2) is 62.0 Å². The number of piperidine rings is 1. The fourth-order valence-corrected chi connectivity index (χ4v) is 4.17. The Morgan fingerprint density at radius 2 is 2.00 bits per heavy atom. The molecule has 6 heteroatoms. The molecule has 1 spiro atoms. The average molecular weight is 344 g/mol. The van der Waals surface area contributed by atoms with Crippen LogP contribution in [0.15, 0.2) is 24.3 Å². The molecule has 2 aliphatic rings. The Morgan fingerprint density at radius 3 is 2.64 bits per heavy atom. The maximum absolute atomic E-state index is 13.3. The zero-order valence-electron chi connectivity index (χ0n) is 15.3. The molecule has 2 amide bonds. The first kappa shape index (κ1) is 17.7. The Labute approximate surface area is 149 Å². The minimum Gasteiger partial charge on any atom is -0.378 e. The van der Waals surface area contributed by atoms with Crippen molar-refractivity contribution >= 4 is 17.5 Å². The van der Waals surface area contributed by atoms with Crippen LogP contribution in [0.25, 0.3) is 0 Å². The molecule has 0 bridgehead atoms. The Balaban J connectivity index is 1.87. The zero-order chi connectivity index (χ0) is 18.0. The molecule has 2 fully saturated rings. The lowest BCUT2D eigenvalue weighted by molar-refractivity contribution is -0.119. The second-order valence-electron chi connectivity index (χ2n) is 7.44. The van der Waals surface area contributed by atoms with Crippen LogP contribution in [-0.2, 0) is 4.79 Å². The van der Waals surface area contributed by atoms with E-state index >= 15 is 0 Å². The standard InChI is InChI=1S/C19H28N4O2/c1-14(24)21-16-12-19(7-9-20-10-8-19)23(13-16)18(25)15-5-4-6-17(11-15)22(2)3/h4-6,11,16,20H,7-10,12-13H2,1-3H3,(H,21,24)/t16-/m1/s1. The number of likely N-dealkylation sites (tertiary alicyclic amines) is 1. The van der Waals surface area contributed by atoms with Crippen LogP contribution >= 0.6 is 0 Å². The number of nitrogens with zero attached hydrogens (tertiary/aromatic N) is 2. The van der Waals surface area contributed by atoms with Crippen molar-refractivity contribution < 1.29 is 9.59 Å². The summed E-state index contributed by atoms with van der Waals surface area (Å²) in [4.78, 5) is 28.8. The first-order valence-electron chi connectivity index (χ1n) is 8.98. The molecule has 6 nitrogen and oxygen atoms in total. The summed E-state index contributed by atoms with van der Waals surface area (Å²) >= 11 is 0. The molecule has 1 aromatic carbocycles. The Bertz CT molecular complexity index is 653. The van der Waals surface area contributed by atoms with Gasteiger partial charge >= 0.3 is 0 Å². The van der Waals surface area contributed by atoms with E-state index in [2.05, 4.69) is 10.6 Å². The van der Waals surface area contributed by atoms with Gasteiger partial charge in [0.2, 0.25) is 5.91 Å². The summed E-state index contributed by atoms with van der Waals surface area (Å²) in [5, 5.41) is 6.40. The number of nitrogens with one attached hydrogen (secondary N) is 2. The van der Waals surface area contributed by atoms with E-state index in [1.54, 1.807) is 6.92 Å². The van der Waals surface area contributed by atoms with Gasteiger partial charge in [-0.1, -0.05) is 6.07 Å². The van der Waals surface area contributed by atoms with Gasteiger partial charge in [0, 0.05) is 50.4 Å². The van der Waals surface area contributed by atoms with Gasteiger partial charge in [-0.25, -0.2) is 0 Å². The largest absolute Gasteiger partial charge is 0.378 e. The molecule has 136 valence electrons. The molecule has 0 unspecified atom stereocenters. The third kappa shape index (κ3) is 3.63. The topological polar surface area (TPSA) is 64.7 Å². The number of hydrogen-bond acceptors (Lipinski definition) is 4. The highest BCUT2D eigenvalue weighted by Gasteiger charge is 2.48. The van der Waals surface area contributed by atoms with Crippen LogP contribution in [0.2, 0.25) is 0 Å². The van der Waals surface area contributed by atoms with Crippen LogP contribution < -0.4 is 15.5 Å². The van der Waals surface area contributed by atoms with Gasteiger partial charge in [-0.2, -0.15) is 0 Å². The molecule has 1 atom stereocenters. The minimum atomic E-state index is -0.149. The van der Waals surface area contributed by atoms with Crippen molar-refractivity contribution in [1.82, 2.24) is 15.5 Å². The van der Waals surface area contributed by atoms with Crippen LogP contribution in [0.4, 0.5) is 5.69 Å². The van der Waals surface area contributed by atoms with Gasteiger partial charge in [0.15, 0.2) is 0 Å². The minimum absolute atomic E-state index is 0.0296. The highest BCUT2D eigenvalue weighted by molar-refractivity contribution is 5.96. The van der Waals surface area contributed by atoms with E-state index in [9.17, 15) is 9.59 Å². The third-order valence-electron chi connectivity index (χ3n) is 5.40. The molecule has 2 saturated heterocycles. The van der Waals surface area contributed by atoms with E-state index in [1.807, 2.05) is 48.2 Å². The third-order valence-corrected chi connectivity index (χ3v) is 5.40. The fourth-order valence-electron chi connectivity index (χ4n) is 4.17. The molecule has 2 N–H and O–H groups in total. The average Bonchev–Trinajstić information content (AvgIpc) is 2.91. The van der Waals surface area contributed by atoms with Gasteiger partial charge < -0.3 is 20.4 Å². The van der Waals surface area contributed by atoms with Gasteiger partial charge in [-0.3, -0.25) is 9.59 Å². The van der Waals surface area contributed by atoms with Gasteiger partial charge in [-0.05, 0) is 50.6 Å². The maximum atomic E-state index is 13.3. The number of amides is 2. The van der Waals surface area contributed by atoms with E-state index in [0.29, 0.717) is 12.1 Å². The molecule has 3 rings (SSSR count). The number of carbonyl (C=O) groups excluding carboxylic acids is 2. The van der Waals surface area contributed by atoms with Gasteiger partial charge in [-0.15, -0.1) is 0 Å². The van der Waals surface area contributed by atoms with Gasteiger partial charge in [0.1, 0.15) is 0 Å². The monoisotopic (exact) mass is 344 g/mol. The SMILES string of the molecule is CC(=O)N[C@H]1CN(C(=O)c2cccc(N(C)C)c2)C2(CCNCC2)C1. The summed E-state index contributed by atoms with van der Waals surface area (Å²) in [7, 11) is 3.95. The number of hydrogen-bond donors (Lipinski definition) is 2. The number of benzene rings is 1. The smallest absolute Gasteiger partial charge is 0.254 e. The van der Waals surface area contributed by atoms with Crippen molar-refractivity contribution in [3.05, 3.63) is 29.8 Å². The molecule has 25 heavy (non-hydrogen) atoms. The van der Waals surface area contributed by atoms with Gasteiger partial charge in [0.25, 0.3) is 5.91 Å². The number of rotatable bonds is 3. The summed E-state index contributed by atoms with van der Waals surface area (Å²) in [6.45, 7) is 3.95. The molecule has 0 saturated carbocycles. The quantitative estimate of drug-likeness (QED) is 0.866. The predicted octanol–water partition coefficient (Wildman–Crippen LogP) is 1.23. The van der Waals surface area contributed by atoms with Crippen molar-refractivity contribution in [1.29, 1.82) is 0 Å². The molecule has 2 heterocycles. The van der Waals surface area contributed by atoms with Crippen molar-refractivity contribution in [2.75, 3.05) is 38.6 Å². The second-order valence-corrected chi connectivity index (χ2v) is 7.44. The molecular weight excluding hydrogens is 316 g/mol. The van der Waals surface area contributed by atoms with E-state index in [0.717, 1.165) is 38.0 Å². The summed E-state index contributed by atoms with van der Waals surface area (Å²) in [5.41, 5.74) is 1.58. The first-order valence-corrected chi connectivity index (χ1v) is 8.98. The van der Waals surface area contributed by atoms with Crippen LogP contribution in [0.5, 0.6) is 0 Å². The summed E-state index contributed by atoms with van der Waals surface area (Å²) < 4.78 is 0. The predicted molar refractivity (Wildman–Crippen MR) is 98.9 cm³/mol. The van der Waals surface area contributed by atoms with E-state index in [4.69, 9.17) is 0 Å². The summed E-state index contributed by atoms with van der Waals surface area (Å²) in [6.07, 6.45) is 2.71. The lowest BCUT2D eigenvalue weighted by Gasteiger charge is -2.41. The summed E-state index contributed by atoms with van der Waals surface area (Å²) in [5.74, 6) is 0.0384. The normalized spacial score (nSPS) is 22.0. The maximum Gasteiger partial charge on any atom is 0.254 e. The van der Waals surface area contributed by atoms with Gasteiger partial charge in [0.05, 0.1) is 0 Å². The van der Waals surface area contributed by atoms with E-state index < -0.39 is 0 Å². The Hall–Kier alpha value is -2.08. The van der Waals surface area contributed by atoms with Crippen molar-refractivity contribution in [3.8, 4) is 0 Å². The van der Waals surface area contributed by atoms with Crippen LogP contribution in [0.3, 0.4) is 0 Å².